The number of hydrogen-bond acceptors (Lipinski definition) is 2. The second-order valence-corrected chi connectivity index (χ2v) is 3.11. The molecule has 1 heterocycles. The first-order valence-corrected chi connectivity index (χ1v) is 3.47. The lowest BCUT2D eigenvalue weighted by Crippen LogP contribution is -2.14. The van der Waals surface area contributed by atoms with E-state index in [0.29, 0.717) is 0 Å². The molecule has 0 saturated heterocycles. The monoisotopic (exact) mass is 149 g/mol. The Labute approximate surface area is 66.3 Å². The molecule has 0 unspecified atom stereocenters. The Balaban J connectivity index is 3.04. The van der Waals surface area contributed by atoms with E-state index in [0.717, 1.165) is 5.69 Å². The maximum Gasteiger partial charge on any atom is 0.0955 e. The van der Waals surface area contributed by atoms with E-state index in [-0.39, 0.29) is 0 Å². The van der Waals surface area contributed by atoms with Gasteiger partial charge in [0.15, 0.2) is 0 Å². The van der Waals surface area contributed by atoms with Crippen molar-refractivity contribution in [2.75, 3.05) is 0 Å². The van der Waals surface area contributed by atoms with E-state index in [1.54, 1.807) is 4.68 Å². The molecule has 1 rings (SSSR count). The largest absolute Gasteiger partial charge is 0.275 e. The first-order valence-electron chi connectivity index (χ1n) is 3.47. The second-order valence-electron chi connectivity index (χ2n) is 3.11. The average Bonchev–Trinajstić information content (AvgIpc) is 2.36. The standard InChI is InChI=1S/C8H11N3/c1-8(2,6-9)7-4-5-11(3)10-7/h4-5H,1-3H3. The highest BCUT2D eigenvalue weighted by atomic mass is 15.2. The van der Waals surface area contributed by atoms with E-state index in [1.165, 1.54) is 0 Å². The summed E-state index contributed by atoms with van der Waals surface area (Å²) in [6.45, 7) is 3.71. The van der Waals surface area contributed by atoms with E-state index in [9.17, 15) is 0 Å². The molecule has 0 radical (unpaired) electrons. The summed E-state index contributed by atoms with van der Waals surface area (Å²) in [4.78, 5) is 0. The van der Waals surface area contributed by atoms with Crippen LogP contribution >= 0.6 is 0 Å². The van der Waals surface area contributed by atoms with Gasteiger partial charge < -0.3 is 0 Å². The smallest absolute Gasteiger partial charge is 0.0955 e. The van der Waals surface area contributed by atoms with Gasteiger partial charge in [0.05, 0.1) is 17.2 Å². The van der Waals surface area contributed by atoms with Gasteiger partial charge in [0, 0.05) is 13.2 Å². The molecule has 0 aromatic carbocycles. The number of nitriles is 1. The summed E-state index contributed by atoms with van der Waals surface area (Å²) in [7, 11) is 1.84. The Morgan fingerprint density at radius 1 is 1.64 bits per heavy atom. The van der Waals surface area contributed by atoms with E-state index in [1.807, 2.05) is 33.2 Å². The molecule has 0 aliphatic heterocycles. The summed E-state index contributed by atoms with van der Waals surface area (Å²) in [5.74, 6) is 0. The Hall–Kier alpha value is -1.30. The minimum absolute atomic E-state index is 0.471. The highest BCUT2D eigenvalue weighted by Gasteiger charge is 2.21. The fourth-order valence-electron chi connectivity index (χ4n) is 0.806. The molecule has 11 heavy (non-hydrogen) atoms. The summed E-state index contributed by atoms with van der Waals surface area (Å²) < 4.78 is 1.70. The van der Waals surface area contributed by atoms with Crippen molar-refractivity contribution >= 4 is 0 Å². The third kappa shape index (κ3) is 1.40. The van der Waals surface area contributed by atoms with E-state index < -0.39 is 5.41 Å². The number of aromatic nitrogens is 2. The molecule has 0 aliphatic carbocycles. The lowest BCUT2D eigenvalue weighted by molar-refractivity contribution is 0.627. The normalized spacial score (nSPS) is 11.1. The molecule has 0 aliphatic rings. The fourth-order valence-corrected chi connectivity index (χ4v) is 0.806. The first-order chi connectivity index (χ1) is 5.06. The van der Waals surface area contributed by atoms with Crippen LogP contribution in [-0.2, 0) is 12.5 Å². The summed E-state index contributed by atoms with van der Waals surface area (Å²) in [5.41, 5.74) is 0.351. The molecule has 0 amide bonds. The van der Waals surface area contributed by atoms with Gasteiger partial charge in [-0.2, -0.15) is 10.4 Å². The van der Waals surface area contributed by atoms with Crippen molar-refractivity contribution in [3.8, 4) is 6.07 Å². The van der Waals surface area contributed by atoms with E-state index in [2.05, 4.69) is 11.2 Å². The van der Waals surface area contributed by atoms with Crippen LogP contribution in [-0.4, -0.2) is 9.78 Å². The van der Waals surface area contributed by atoms with E-state index in [4.69, 9.17) is 5.26 Å². The predicted molar refractivity (Wildman–Crippen MR) is 41.8 cm³/mol. The molecule has 1 aromatic heterocycles. The number of rotatable bonds is 1. The molecule has 0 bridgehead atoms. The minimum atomic E-state index is -0.471. The Kier molecular flexibility index (Phi) is 1.69. The molecule has 58 valence electrons. The molecule has 0 N–H and O–H groups in total. The molecule has 3 heteroatoms. The molecule has 3 nitrogen and oxygen atoms in total. The summed E-state index contributed by atoms with van der Waals surface area (Å²) in [6.07, 6.45) is 1.84. The van der Waals surface area contributed by atoms with Crippen LogP contribution in [0.1, 0.15) is 19.5 Å². The molecule has 0 saturated carbocycles. The van der Waals surface area contributed by atoms with Crippen molar-refractivity contribution in [3.63, 3.8) is 0 Å². The lowest BCUT2D eigenvalue weighted by atomic mass is 9.92. The van der Waals surface area contributed by atoms with Crippen LogP contribution in [0.2, 0.25) is 0 Å². The van der Waals surface area contributed by atoms with Crippen molar-refractivity contribution in [1.29, 1.82) is 5.26 Å². The van der Waals surface area contributed by atoms with Crippen LogP contribution < -0.4 is 0 Å². The topological polar surface area (TPSA) is 41.6 Å². The van der Waals surface area contributed by atoms with Gasteiger partial charge in [-0.25, -0.2) is 0 Å². The number of hydrogen-bond donors (Lipinski definition) is 0. The summed E-state index contributed by atoms with van der Waals surface area (Å²) in [6, 6.07) is 4.06. The van der Waals surface area contributed by atoms with Gasteiger partial charge in [-0.3, -0.25) is 4.68 Å². The van der Waals surface area contributed by atoms with Crippen molar-refractivity contribution in [2.45, 2.75) is 19.3 Å². The number of nitrogens with zero attached hydrogens (tertiary/aromatic N) is 3. The lowest BCUT2D eigenvalue weighted by Gasteiger charge is -2.10. The van der Waals surface area contributed by atoms with Gasteiger partial charge in [0.1, 0.15) is 0 Å². The predicted octanol–water partition coefficient (Wildman–Crippen LogP) is 1.22. The molecular formula is C8H11N3. The second kappa shape index (κ2) is 2.39. The minimum Gasteiger partial charge on any atom is -0.275 e. The van der Waals surface area contributed by atoms with Crippen molar-refractivity contribution in [1.82, 2.24) is 9.78 Å². The van der Waals surface area contributed by atoms with Crippen molar-refractivity contribution in [3.05, 3.63) is 18.0 Å². The van der Waals surface area contributed by atoms with Gasteiger partial charge in [0.2, 0.25) is 0 Å². The molecule has 0 spiro atoms. The van der Waals surface area contributed by atoms with Gasteiger partial charge in [-0.15, -0.1) is 0 Å². The Morgan fingerprint density at radius 2 is 2.27 bits per heavy atom. The zero-order valence-corrected chi connectivity index (χ0v) is 7.00. The summed E-state index contributed by atoms with van der Waals surface area (Å²) >= 11 is 0. The molecule has 0 atom stereocenters. The average molecular weight is 149 g/mol. The SMILES string of the molecule is Cn1ccc(C(C)(C)C#N)n1. The first kappa shape index (κ1) is 7.80. The third-order valence-corrected chi connectivity index (χ3v) is 1.63. The maximum atomic E-state index is 8.76. The third-order valence-electron chi connectivity index (χ3n) is 1.63. The summed E-state index contributed by atoms with van der Waals surface area (Å²) in [5, 5.41) is 12.9. The van der Waals surface area contributed by atoms with Crippen molar-refractivity contribution in [2.24, 2.45) is 7.05 Å². The van der Waals surface area contributed by atoms with Crippen LogP contribution in [0.5, 0.6) is 0 Å². The highest BCUT2D eigenvalue weighted by Crippen LogP contribution is 2.18. The fraction of sp³-hybridized carbons (Fsp3) is 0.500. The van der Waals surface area contributed by atoms with Crippen LogP contribution in [0.25, 0.3) is 0 Å². The van der Waals surface area contributed by atoms with Gasteiger partial charge in [-0.05, 0) is 19.9 Å². The van der Waals surface area contributed by atoms with Crippen LogP contribution in [0.15, 0.2) is 12.3 Å². The molecular weight excluding hydrogens is 138 g/mol. The van der Waals surface area contributed by atoms with Gasteiger partial charge in [-0.1, -0.05) is 0 Å². The number of aryl methyl sites for hydroxylation is 1. The quantitative estimate of drug-likeness (QED) is 0.602. The maximum absolute atomic E-state index is 8.76. The Bertz CT molecular complexity index is 291. The zero-order chi connectivity index (χ0) is 8.48. The highest BCUT2D eigenvalue weighted by molar-refractivity contribution is 5.21. The van der Waals surface area contributed by atoms with Crippen LogP contribution in [0, 0.1) is 11.3 Å². The molecule has 1 aromatic rings. The van der Waals surface area contributed by atoms with Crippen LogP contribution in [0.3, 0.4) is 0 Å². The Morgan fingerprint density at radius 3 is 2.64 bits per heavy atom. The zero-order valence-electron chi connectivity index (χ0n) is 7.00. The van der Waals surface area contributed by atoms with Gasteiger partial charge in [0.25, 0.3) is 0 Å². The van der Waals surface area contributed by atoms with Gasteiger partial charge >= 0.3 is 0 Å². The molecule has 0 fully saturated rings. The van der Waals surface area contributed by atoms with E-state index >= 15 is 0 Å². The van der Waals surface area contributed by atoms with Crippen LogP contribution in [0.4, 0.5) is 0 Å². The van der Waals surface area contributed by atoms with Crippen molar-refractivity contribution < 1.29 is 0 Å².